The van der Waals surface area contributed by atoms with Crippen molar-refractivity contribution >= 4 is 17.5 Å². The Bertz CT molecular complexity index is 843. The molecule has 2 unspecified atom stereocenters. The van der Waals surface area contributed by atoms with Crippen molar-refractivity contribution in [3.8, 4) is 5.75 Å². The quantitative estimate of drug-likeness (QED) is 0.714. The van der Waals surface area contributed by atoms with Crippen molar-refractivity contribution in [2.75, 3.05) is 18.5 Å². The second-order valence-corrected chi connectivity index (χ2v) is 6.86. The van der Waals surface area contributed by atoms with Gasteiger partial charge in [-0.05, 0) is 50.6 Å². The van der Waals surface area contributed by atoms with E-state index in [2.05, 4.69) is 22.9 Å². The third-order valence-electron chi connectivity index (χ3n) is 4.60. The summed E-state index contributed by atoms with van der Waals surface area (Å²) >= 11 is 0. The van der Waals surface area contributed by atoms with E-state index in [9.17, 15) is 14.0 Å². The molecule has 0 radical (unpaired) electrons. The van der Waals surface area contributed by atoms with Crippen LogP contribution in [0.25, 0.3) is 0 Å². The zero-order chi connectivity index (χ0) is 19.9. The van der Waals surface area contributed by atoms with Crippen LogP contribution in [-0.4, -0.2) is 37.0 Å². The number of para-hydroxylation sites is 2. The number of amides is 2. The van der Waals surface area contributed by atoms with E-state index in [0.29, 0.717) is 17.4 Å². The Morgan fingerprint density at radius 1 is 1.18 bits per heavy atom. The van der Waals surface area contributed by atoms with Gasteiger partial charge in [-0.15, -0.1) is 0 Å². The van der Waals surface area contributed by atoms with E-state index in [1.807, 2.05) is 0 Å². The Kier molecular flexibility index (Phi) is 6.60. The van der Waals surface area contributed by atoms with Crippen molar-refractivity contribution in [3.05, 3.63) is 59.9 Å². The van der Waals surface area contributed by atoms with Gasteiger partial charge in [0.2, 0.25) is 0 Å². The molecule has 1 saturated heterocycles. The first-order valence-electron chi connectivity index (χ1n) is 9.33. The minimum Gasteiger partial charge on any atom is -0.483 e. The molecule has 2 atom stereocenters. The molecule has 2 aromatic carbocycles. The first-order chi connectivity index (χ1) is 13.5. The average Bonchev–Trinajstić information content (AvgIpc) is 2.68. The van der Waals surface area contributed by atoms with Crippen LogP contribution in [-0.2, 0) is 4.79 Å². The lowest BCUT2D eigenvalue weighted by atomic mass is 10.00. The van der Waals surface area contributed by atoms with Gasteiger partial charge in [-0.2, -0.15) is 0 Å². The minimum absolute atomic E-state index is 0.0853. The molecular weight excluding hydrogens is 361 g/mol. The SMILES string of the molecule is CC1CC(NC(=O)c2ccccc2OCC(=O)Nc2ccccc2F)CCN1. The highest BCUT2D eigenvalue weighted by Crippen LogP contribution is 2.19. The molecule has 7 heteroatoms. The minimum atomic E-state index is -0.521. The lowest BCUT2D eigenvalue weighted by Gasteiger charge is -2.28. The van der Waals surface area contributed by atoms with Crippen LogP contribution in [0.5, 0.6) is 5.75 Å². The number of halogens is 1. The van der Waals surface area contributed by atoms with Gasteiger partial charge < -0.3 is 20.7 Å². The maximum atomic E-state index is 13.6. The maximum Gasteiger partial charge on any atom is 0.262 e. The summed E-state index contributed by atoms with van der Waals surface area (Å²) in [5.74, 6) is -0.950. The summed E-state index contributed by atoms with van der Waals surface area (Å²) < 4.78 is 19.2. The standard InChI is InChI=1S/C21H24FN3O3/c1-14-12-15(10-11-23-14)24-21(27)16-6-2-5-9-19(16)28-13-20(26)25-18-8-4-3-7-17(18)22/h2-9,14-15,23H,10-13H2,1H3,(H,24,27)(H,25,26). The molecule has 28 heavy (non-hydrogen) atoms. The summed E-state index contributed by atoms with van der Waals surface area (Å²) in [5.41, 5.74) is 0.453. The van der Waals surface area contributed by atoms with Crippen LogP contribution >= 0.6 is 0 Å². The van der Waals surface area contributed by atoms with Crippen LogP contribution in [0.15, 0.2) is 48.5 Å². The van der Waals surface area contributed by atoms with Gasteiger partial charge in [0.15, 0.2) is 6.61 Å². The van der Waals surface area contributed by atoms with E-state index < -0.39 is 11.7 Å². The second kappa shape index (κ2) is 9.32. The highest BCUT2D eigenvalue weighted by molar-refractivity contribution is 5.97. The van der Waals surface area contributed by atoms with Crippen molar-refractivity contribution in [2.45, 2.75) is 31.8 Å². The fraction of sp³-hybridized carbons (Fsp3) is 0.333. The molecule has 0 spiro atoms. The van der Waals surface area contributed by atoms with E-state index in [0.717, 1.165) is 19.4 Å². The zero-order valence-electron chi connectivity index (χ0n) is 15.7. The van der Waals surface area contributed by atoms with E-state index in [1.165, 1.54) is 12.1 Å². The van der Waals surface area contributed by atoms with Gasteiger partial charge in [-0.3, -0.25) is 9.59 Å². The first-order valence-corrected chi connectivity index (χ1v) is 9.33. The van der Waals surface area contributed by atoms with Gasteiger partial charge in [0.25, 0.3) is 11.8 Å². The Morgan fingerprint density at radius 2 is 1.93 bits per heavy atom. The Hall–Kier alpha value is -2.93. The molecule has 1 aliphatic rings. The summed E-state index contributed by atoms with van der Waals surface area (Å²) in [4.78, 5) is 24.7. The molecule has 0 aliphatic carbocycles. The highest BCUT2D eigenvalue weighted by Gasteiger charge is 2.22. The van der Waals surface area contributed by atoms with Crippen molar-refractivity contribution in [1.29, 1.82) is 0 Å². The molecule has 2 amide bonds. The third kappa shape index (κ3) is 5.29. The highest BCUT2D eigenvalue weighted by atomic mass is 19.1. The number of ether oxygens (including phenoxy) is 1. The fourth-order valence-corrected chi connectivity index (χ4v) is 3.20. The van der Waals surface area contributed by atoms with Crippen LogP contribution in [0.4, 0.5) is 10.1 Å². The number of nitrogens with one attached hydrogen (secondary N) is 3. The lowest BCUT2D eigenvalue weighted by molar-refractivity contribution is -0.118. The van der Waals surface area contributed by atoms with E-state index in [-0.39, 0.29) is 24.2 Å². The fourth-order valence-electron chi connectivity index (χ4n) is 3.20. The molecule has 0 bridgehead atoms. The molecule has 148 valence electrons. The molecule has 1 fully saturated rings. The molecule has 3 N–H and O–H groups in total. The van der Waals surface area contributed by atoms with E-state index in [4.69, 9.17) is 4.74 Å². The zero-order valence-corrected chi connectivity index (χ0v) is 15.7. The molecule has 1 aliphatic heterocycles. The molecule has 6 nitrogen and oxygen atoms in total. The smallest absolute Gasteiger partial charge is 0.262 e. The molecular formula is C21H24FN3O3. The molecule has 3 rings (SSSR count). The van der Waals surface area contributed by atoms with Crippen LogP contribution in [0, 0.1) is 5.82 Å². The second-order valence-electron chi connectivity index (χ2n) is 6.86. The largest absolute Gasteiger partial charge is 0.483 e. The van der Waals surface area contributed by atoms with Gasteiger partial charge in [-0.25, -0.2) is 4.39 Å². The third-order valence-corrected chi connectivity index (χ3v) is 4.60. The number of anilines is 1. The van der Waals surface area contributed by atoms with Crippen molar-refractivity contribution in [2.24, 2.45) is 0 Å². The van der Waals surface area contributed by atoms with Crippen LogP contribution < -0.4 is 20.7 Å². The number of rotatable bonds is 6. The van der Waals surface area contributed by atoms with Gasteiger partial charge in [0.1, 0.15) is 11.6 Å². The Morgan fingerprint density at radius 3 is 2.71 bits per heavy atom. The summed E-state index contributed by atoms with van der Waals surface area (Å²) in [6, 6.07) is 13.1. The predicted octanol–water partition coefficient (Wildman–Crippen LogP) is 2.71. The van der Waals surface area contributed by atoms with Gasteiger partial charge in [-0.1, -0.05) is 24.3 Å². The van der Waals surface area contributed by atoms with Gasteiger partial charge >= 0.3 is 0 Å². The first kappa shape index (κ1) is 19.8. The van der Waals surface area contributed by atoms with Crippen molar-refractivity contribution < 1.29 is 18.7 Å². The monoisotopic (exact) mass is 385 g/mol. The van der Waals surface area contributed by atoms with Crippen molar-refractivity contribution in [1.82, 2.24) is 10.6 Å². The Labute approximate surface area is 163 Å². The normalized spacial score (nSPS) is 18.9. The Balaban J connectivity index is 1.59. The van der Waals surface area contributed by atoms with E-state index in [1.54, 1.807) is 36.4 Å². The molecule has 1 heterocycles. The molecule has 0 aromatic heterocycles. The predicted molar refractivity (Wildman–Crippen MR) is 105 cm³/mol. The number of carbonyl (C=O) groups is 2. The van der Waals surface area contributed by atoms with Crippen molar-refractivity contribution in [3.63, 3.8) is 0 Å². The summed E-state index contributed by atoms with van der Waals surface area (Å²) in [6.07, 6.45) is 1.73. The molecule has 2 aromatic rings. The summed E-state index contributed by atoms with van der Waals surface area (Å²) in [5, 5.41) is 8.83. The van der Waals surface area contributed by atoms with Crippen LogP contribution in [0.2, 0.25) is 0 Å². The number of piperidine rings is 1. The average molecular weight is 385 g/mol. The maximum absolute atomic E-state index is 13.6. The number of hydrogen-bond donors (Lipinski definition) is 3. The number of benzene rings is 2. The van der Waals surface area contributed by atoms with E-state index >= 15 is 0 Å². The molecule has 0 saturated carbocycles. The van der Waals surface area contributed by atoms with Gasteiger partial charge in [0, 0.05) is 12.1 Å². The summed E-state index contributed by atoms with van der Waals surface area (Å²) in [6.45, 7) is 2.62. The van der Waals surface area contributed by atoms with Crippen LogP contribution in [0.3, 0.4) is 0 Å². The lowest BCUT2D eigenvalue weighted by Crippen LogP contribution is -2.46. The van der Waals surface area contributed by atoms with Gasteiger partial charge in [0.05, 0.1) is 11.3 Å². The van der Waals surface area contributed by atoms with Crippen LogP contribution in [0.1, 0.15) is 30.1 Å². The topological polar surface area (TPSA) is 79.5 Å². The number of carbonyl (C=O) groups excluding carboxylic acids is 2. The summed E-state index contributed by atoms with van der Waals surface area (Å²) in [7, 11) is 0. The number of hydrogen-bond acceptors (Lipinski definition) is 4.